The van der Waals surface area contributed by atoms with Gasteiger partial charge in [-0.25, -0.2) is 19.8 Å². The number of aryl methyl sites for hydroxylation is 1. The maximum absolute atomic E-state index is 13.2. The van der Waals surface area contributed by atoms with E-state index in [1.54, 1.807) is 18.7 Å². The molecular weight excluding hydrogens is 666 g/mol. The van der Waals surface area contributed by atoms with Crippen LogP contribution in [0.25, 0.3) is 44.3 Å². The zero-order valence-corrected chi connectivity index (χ0v) is 29.9. The monoisotopic (exact) mass is 709 g/mol. The van der Waals surface area contributed by atoms with Crippen LogP contribution in [0.4, 0.5) is 4.79 Å². The molecule has 52 heavy (non-hydrogen) atoms. The van der Waals surface area contributed by atoms with Crippen molar-refractivity contribution in [3.05, 3.63) is 60.4 Å². The number of nitrogens with one attached hydrogen (secondary N) is 3. The molecule has 0 spiro atoms. The fourth-order valence-electron chi connectivity index (χ4n) is 7.48. The zero-order valence-electron chi connectivity index (χ0n) is 29.9. The molecule has 3 N–H and O–H groups in total. The Hall–Kier alpha value is -5.70. The van der Waals surface area contributed by atoms with Gasteiger partial charge in [-0.3, -0.25) is 9.59 Å². The fraction of sp³-hybridized carbons (Fsp3) is 0.405. The molecule has 2 aliphatic heterocycles. The number of benzene rings is 2. The Balaban J connectivity index is 1.11. The predicted molar refractivity (Wildman–Crippen MR) is 194 cm³/mol. The molecule has 0 aliphatic carbocycles. The number of nitrogens with zero attached hydrogens (tertiary/aromatic N) is 6. The number of fused-ring (bicyclic) bond motifs is 3. The first kappa shape index (κ1) is 34.7. The van der Waals surface area contributed by atoms with Crippen molar-refractivity contribution >= 4 is 46.1 Å². The molecule has 0 unspecified atom stereocenters. The Morgan fingerprint density at radius 1 is 0.865 bits per heavy atom. The van der Waals surface area contributed by atoms with Gasteiger partial charge in [-0.2, -0.15) is 4.89 Å². The largest absolute Gasteiger partial charge is 0.453 e. The second kappa shape index (κ2) is 14.5. The number of rotatable bonds is 10. The van der Waals surface area contributed by atoms with E-state index in [1.165, 1.54) is 14.2 Å². The summed E-state index contributed by atoms with van der Waals surface area (Å²) >= 11 is 0. The van der Waals surface area contributed by atoms with E-state index in [-0.39, 0.29) is 23.9 Å². The molecular formula is C37H43N9O6. The summed E-state index contributed by atoms with van der Waals surface area (Å²) in [6.45, 7) is 4.63. The van der Waals surface area contributed by atoms with Crippen molar-refractivity contribution in [1.29, 1.82) is 0 Å². The third-order valence-corrected chi connectivity index (χ3v) is 10.2. The van der Waals surface area contributed by atoms with Crippen LogP contribution in [0.2, 0.25) is 0 Å². The molecule has 0 bridgehead atoms. The molecule has 7 rings (SSSR count). The number of methoxy groups -OCH3 is 1. The second-order valence-electron chi connectivity index (χ2n) is 13.3. The first-order valence-electron chi connectivity index (χ1n) is 17.5. The molecule has 0 saturated carbocycles. The summed E-state index contributed by atoms with van der Waals surface area (Å²) in [6.07, 6.45) is 7.47. The van der Waals surface area contributed by atoms with Gasteiger partial charge in [0.2, 0.25) is 18.2 Å². The van der Waals surface area contributed by atoms with Gasteiger partial charge in [-0.1, -0.05) is 24.3 Å². The summed E-state index contributed by atoms with van der Waals surface area (Å²) in [4.78, 5) is 71.4. The van der Waals surface area contributed by atoms with Crippen LogP contribution in [0.1, 0.15) is 63.3 Å². The number of ether oxygens (including phenoxy) is 1. The first-order chi connectivity index (χ1) is 25.2. The van der Waals surface area contributed by atoms with Crippen molar-refractivity contribution in [2.45, 2.75) is 63.7 Å². The summed E-state index contributed by atoms with van der Waals surface area (Å²) in [5.74, 6) is 1.21. The number of carbonyl (C=O) groups is 3. The molecule has 2 aromatic carbocycles. The molecule has 5 heterocycles. The van der Waals surface area contributed by atoms with Gasteiger partial charge in [0, 0.05) is 53.1 Å². The minimum Gasteiger partial charge on any atom is -0.453 e. The molecule has 4 atom stereocenters. The lowest BCUT2D eigenvalue weighted by Gasteiger charge is -2.26. The second-order valence-corrected chi connectivity index (χ2v) is 13.3. The smallest absolute Gasteiger partial charge is 0.407 e. The van der Waals surface area contributed by atoms with Crippen molar-refractivity contribution in [2.75, 3.05) is 27.3 Å². The fourth-order valence-corrected chi connectivity index (χ4v) is 7.48. The Morgan fingerprint density at radius 2 is 1.40 bits per heavy atom. The molecule has 5 aromatic rings. The lowest BCUT2D eigenvalue weighted by Crippen LogP contribution is -2.46. The van der Waals surface area contributed by atoms with Crippen LogP contribution in [0.3, 0.4) is 0 Å². The van der Waals surface area contributed by atoms with Gasteiger partial charge in [0.1, 0.15) is 23.7 Å². The Kier molecular flexibility index (Phi) is 9.69. The molecule has 15 nitrogen and oxygen atoms in total. The van der Waals surface area contributed by atoms with E-state index >= 15 is 0 Å². The number of alkyl carbamates (subject to hydrolysis) is 1. The highest BCUT2D eigenvalue weighted by molar-refractivity contribution is 6.09. The lowest BCUT2D eigenvalue weighted by atomic mass is 10.1. The number of carbonyl (C=O) groups excluding carboxylic acids is 3. The molecule has 272 valence electrons. The summed E-state index contributed by atoms with van der Waals surface area (Å²) in [5.41, 5.74) is 5.85. The highest BCUT2D eigenvalue weighted by Crippen LogP contribution is 2.37. The molecule has 3 amide bonds. The number of hydrogen-bond donors (Lipinski definition) is 3. The average molecular weight is 710 g/mol. The van der Waals surface area contributed by atoms with Gasteiger partial charge in [0.15, 0.2) is 0 Å². The molecule has 2 saturated heterocycles. The van der Waals surface area contributed by atoms with Gasteiger partial charge in [-0.15, -0.1) is 0 Å². The van der Waals surface area contributed by atoms with Gasteiger partial charge < -0.3 is 39.3 Å². The molecule has 2 fully saturated rings. The maximum Gasteiger partial charge on any atom is 0.407 e. The van der Waals surface area contributed by atoms with E-state index in [4.69, 9.17) is 9.87 Å². The van der Waals surface area contributed by atoms with Crippen LogP contribution in [0.5, 0.6) is 0 Å². The summed E-state index contributed by atoms with van der Waals surface area (Å²) < 4.78 is 6.85. The average Bonchev–Trinajstić information content (AvgIpc) is 4.01. The molecule has 15 heteroatoms. The molecule has 3 aromatic heterocycles. The van der Waals surface area contributed by atoms with Crippen LogP contribution in [0, 0.1) is 0 Å². The van der Waals surface area contributed by atoms with E-state index in [0.717, 1.165) is 88.1 Å². The third kappa shape index (κ3) is 6.47. The van der Waals surface area contributed by atoms with E-state index in [0.29, 0.717) is 13.1 Å². The topological polar surface area (TPSA) is 172 Å². The minimum atomic E-state index is -0.710. The predicted octanol–water partition coefficient (Wildman–Crippen LogP) is 5.18. The number of aromatic nitrogens is 5. The molecule has 0 radical (unpaired) electrons. The normalized spacial score (nSPS) is 18.8. The SMILES string of the molecule is COOC=N[C@@H](C)C(=O)N1CCC[C@H]1c1ncc(-c2ccc3c4ccc(-c5cnc([C@@H]6CCCN6C(=O)[C@H](C)NC(=O)OC)[nH]5)cc4n(C)c3c2)[nH]1. The van der Waals surface area contributed by atoms with E-state index < -0.39 is 18.2 Å². The van der Waals surface area contributed by atoms with Crippen LogP contribution in [-0.4, -0.2) is 98.0 Å². The summed E-state index contributed by atoms with van der Waals surface area (Å²) in [7, 11) is 4.71. The number of likely N-dealkylation sites (tertiary alicyclic amines) is 2. The number of aromatic amines is 2. The Morgan fingerprint density at radius 3 is 1.92 bits per heavy atom. The Bertz CT molecular complexity index is 2150. The van der Waals surface area contributed by atoms with E-state index in [1.807, 2.05) is 17.3 Å². The third-order valence-electron chi connectivity index (χ3n) is 10.2. The quantitative estimate of drug-likeness (QED) is 0.0771. The van der Waals surface area contributed by atoms with E-state index in [9.17, 15) is 14.4 Å². The summed E-state index contributed by atoms with van der Waals surface area (Å²) in [5, 5.41) is 4.83. The summed E-state index contributed by atoms with van der Waals surface area (Å²) in [6, 6.07) is 11.1. The number of hydrogen-bond acceptors (Lipinski definition) is 9. The highest BCUT2D eigenvalue weighted by atomic mass is 17.2. The minimum absolute atomic E-state index is 0.0886. The highest BCUT2D eigenvalue weighted by Gasteiger charge is 2.36. The Labute approximate surface area is 300 Å². The lowest BCUT2D eigenvalue weighted by molar-refractivity contribution is -0.188. The van der Waals surface area contributed by atoms with Gasteiger partial charge >= 0.3 is 6.09 Å². The van der Waals surface area contributed by atoms with E-state index in [2.05, 4.69) is 82.9 Å². The van der Waals surface area contributed by atoms with Crippen molar-refractivity contribution < 1.29 is 28.9 Å². The molecule has 2 aliphatic rings. The zero-order chi connectivity index (χ0) is 36.5. The van der Waals surface area contributed by atoms with Crippen molar-refractivity contribution in [2.24, 2.45) is 12.0 Å². The maximum atomic E-state index is 13.2. The van der Waals surface area contributed by atoms with Crippen molar-refractivity contribution in [3.63, 3.8) is 0 Å². The number of H-pyrrole nitrogens is 2. The van der Waals surface area contributed by atoms with Gasteiger partial charge in [0.25, 0.3) is 0 Å². The van der Waals surface area contributed by atoms with Crippen LogP contribution < -0.4 is 5.32 Å². The first-order valence-corrected chi connectivity index (χ1v) is 17.5. The number of imidazole rings is 2. The number of aliphatic imine (C=N–C) groups is 1. The van der Waals surface area contributed by atoms with Crippen molar-refractivity contribution in [1.82, 2.24) is 39.6 Å². The van der Waals surface area contributed by atoms with Crippen LogP contribution >= 0.6 is 0 Å². The van der Waals surface area contributed by atoms with Crippen LogP contribution in [0.15, 0.2) is 53.8 Å². The van der Waals surface area contributed by atoms with Gasteiger partial charge in [-0.05, 0) is 51.7 Å². The van der Waals surface area contributed by atoms with Crippen molar-refractivity contribution in [3.8, 4) is 22.5 Å². The van der Waals surface area contributed by atoms with Crippen LogP contribution in [-0.2, 0) is 31.1 Å². The van der Waals surface area contributed by atoms with Gasteiger partial charge in [0.05, 0.1) is 50.1 Å². The number of amides is 3. The standard InChI is InChI=1S/C37H43N9O6/c1-21(40-20-52-51-5)35(47)45-14-6-8-29(45)33-38-18-27(42-33)23-10-12-25-26-13-11-24(17-32(26)44(3)31(25)16-23)28-19-39-34(43-28)30-9-7-15-46(30)36(48)22(2)41-37(49)50-4/h10-13,16-22,29-30H,6-9,14-15H2,1-5H3,(H,38,42)(H,39,43)(H,41,49)/t21-,22-,29-,30-/m0/s1.